The molecule has 0 radical (unpaired) electrons. The number of ether oxygens (including phenoxy) is 2. The van der Waals surface area contributed by atoms with Gasteiger partial charge in [-0.15, -0.1) is 0 Å². The molecule has 9 nitrogen and oxygen atoms in total. The Labute approximate surface area is 126 Å². The van der Waals surface area contributed by atoms with Crippen molar-refractivity contribution in [2.24, 2.45) is 5.10 Å². The Bertz CT molecular complexity index is 738. The van der Waals surface area contributed by atoms with E-state index in [2.05, 4.69) is 10.1 Å². The quantitative estimate of drug-likeness (QED) is 0.509. The molecule has 1 aromatic heterocycles. The van der Waals surface area contributed by atoms with Crippen molar-refractivity contribution >= 4 is 17.9 Å². The molecule has 0 amide bonds. The van der Waals surface area contributed by atoms with Gasteiger partial charge in [0.05, 0.1) is 37.2 Å². The monoisotopic (exact) mass is 305 g/mol. The molecule has 0 atom stereocenters. The van der Waals surface area contributed by atoms with E-state index >= 15 is 0 Å². The SMILES string of the molecule is COc1ccc([N+](=O)[O-])c(C=Nn2cc(C)nc2N)c1OC. The van der Waals surface area contributed by atoms with Crippen LogP contribution in [0.15, 0.2) is 23.4 Å². The number of nitro groups is 1. The van der Waals surface area contributed by atoms with Crippen molar-refractivity contribution in [2.75, 3.05) is 20.0 Å². The van der Waals surface area contributed by atoms with E-state index in [1.54, 1.807) is 13.1 Å². The van der Waals surface area contributed by atoms with Gasteiger partial charge in [-0.05, 0) is 13.0 Å². The van der Waals surface area contributed by atoms with E-state index < -0.39 is 4.92 Å². The van der Waals surface area contributed by atoms with Crippen LogP contribution in [0.3, 0.4) is 0 Å². The highest BCUT2D eigenvalue weighted by Gasteiger charge is 2.21. The first-order chi connectivity index (χ1) is 10.5. The van der Waals surface area contributed by atoms with E-state index in [-0.39, 0.29) is 22.9 Å². The Morgan fingerprint density at radius 1 is 1.41 bits per heavy atom. The Morgan fingerprint density at radius 3 is 2.64 bits per heavy atom. The van der Waals surface area contributed by atoms with Crippen LogP contribution in [-0.4, -0.2) is 35.0 Å². The first-order valence-electron chi connectivity index (χ1n) is 6.23. The molecule has 0 aliphatic rings. The van der Waals surface area contributed by atoms with E-state index in [1.165, 1.54) is 37.2 Å². The molecule has 0 unspecified atom stereocenters. The first kappa shape index (κ1) is 15.3. The fourth-order valence-corrected chi connectivity index (χ4v) is 1.94. The predicted molar refractivity (Wildman–Crippen MR) is 80.6 cm³/mol. The van der Waals surface area contributed by atoms with Crippen molar-refractivity contribution in [1.29, 1.82) is 0 Å². The van der Waals surface area contributed by atoms with Crippen LogP contribution in [0.25, 0.3) is 0 Å². The van der Waals surface area contributed by atoms with Crippen LogP contribution >= 0.6 is 0 Å². The lowest BCUT2D eigenvalue weighted by atomic mass is 10.1. The van der Waals surface area contributed by atoms with E-state index in [1.807, 2.05) is 0 Å². The molecule has 0 aliphatic carbocycles. The van der Waals surface area contributed by atoms with E-state index in [0.717, 1.165) is 0 Å². The van der Waals surface area contributed by atoms with Crippen LogP contribution in [0, 0.1) is 17.0 Å². The fraction of sp³-hybridized carbons (Fsp3) is 0.231. The summed E-state index contributed by atoms with van der Waals surface area (Å²) in [5.41, 5.74) is 6.38. The van der Waals surface area contributed by atoms with Gasteiger partial charge in [-0.1, -0.05) is 0 Å². The van der Waals surface area contributed by atoms with Gasteiger partial charge < -0.3 is 15.2 Å². The number of nitrogen functional groups attached to an aromatic ring is 1. The van der Waals surface area contributed by atoms with Gasteiger partial charge in [-0.2, -0.15) is 5.10 Å². The fourth-order valence-electron chi connectivity index (χ4n) is 1.94. The topological polar surface area (TPSA) is 118 Å². The molecule has 0 bridgehead atoms. The average Bonchev–Trinajstić information content (AvgIpc) is 2.81. The molecule has 0 aliphatic heterocycles. The second-order valence-corrected chi connectivity index (χ2v) is 4.32. The normalized spacial score (nSPS) is 10.9. The summed E-state index contributed by atoms with van der Waals surface area (Å²) in [6.07, 6.45) is 2.89. The number of methoxy groups -OCH3 is 2. The molecular formula is C13H15N5O4. The van der Waals surface area contributed by atoms with Crippen molar-refractivity contribution in [2.45, 2.75) is 6.92 Å². The van der Waals surface area contributed by atoms with Gasteiger partial charge in [0.15, 0.2) is 11.5 Å². The van der Waals surface area contributed by atoms with Crippen molar-refractivity contribution in [3.05, 3.63) is 39.7 Å². The molecule has 0 spiro atoms. The Balaban J connectivity index is 2.56. The highest BCUT2D eigenvalue weighted by molar-refractivity contribution is 5.90. The summed E-state index contributed by atoms with van der Waals surface area (Å²) in [6, 6.07) is 2.79. The van der Waals surface area contributed by atoms with Gasteiger partial charge in [-0.25, -0.2) is 9.66 Å². The van der Waals surface area contributed by atoms with Gasteiger partial charge in [0.2, 0.25) is 5.95 Å². The first-order valence-corrected chi connectivity index (χ1v) is 6.23. The molecule has 2 rings (SSSR count). The molecule has 9 heteroatoms. The van der Waals surface area contributed by atoms with Crippen molar-refractivity contribution in [1.82, 2.24) is 9.66 Å². The lowest BCUT2D eigenvalue weighted by Gasteiger charge is -2.10. The molecule has 0 saturated carbocycles. The highest BCUT2D eigenvalue weighted by atomic mass is 16.6. The number of anilines is 1. The third-order valence-corrected chi connectivity index (χ3v) is 2.90. The number of hydrogen-bond donors (Lipinski definition) is 1. The number of nitrogens with zero attached hydrogens (tertiary/aromatic N) is 4. The third kappa shape index (κ3) is 2.82. The molecule has 116 valence electrons. The number of rotatable bonds is 5. The lowest BCUT2D eigenvalue weighted by molar-refractivity contribution is -0.385. The van der Waals surface area contributed by atoms with E-state index in [9.17, 15) is 10.1 Å². The standard InChI is InChI=1S/C13H15N5O4/c1-8-7-17(13(14)16-8)15-6-9-10(18(19)20)4-5-11(21-2)12(9)22-3/h4-7H,1-3H3,(H2,14,16). The average molecular weight is 305 g/mol. The number of benzene rings is 1. The largest absolute Gasteiger partial charge is 0.493 e. The maximum absolute atomic E-state index is 11.2. The smallest absolute Gasteiger partial charge is 0.282 e. The molecule has 22 heavy (non-hydrogen) atoms. The molecular weight excluding hydrogens is 290 g/mol. The summed E-state index contributed by atoms with van der Waals surface area (Å²) in [5, 5.41) is 15.3. The van der Waals surface area contributed by atoms with Crippen molar-refractivity contribution < 1.29 is 14.4 Å². The van der Waals surface area contributed by atoms with Gasteiger partial charge in [0.1, 0.15) is 5.56 Å². The van der Waals surface area contributed by atoms with Crippen LogP contribution in [0.4, 0.5) is 11.6 Å². The van der Waals surface area contributed by atoms with Crippen LogP contribution < -0.4 is 15.2 Å². The minimum absolute atomic E-state index is 0.156. The van der Waals surface area contributed by atoms with Gasteiger partial charge >= 0.3 is 0 Å². The Hall–Kier alpha value is -3.10. The van der Waals surface area contributed by atoms with E-state index in [0.29, 0.717) is 11.4 Å². The zero-order valence-electron chi connectivity index (χ0n) is 12.3. The second kappa shape index (κ2) is 6.12. The lowest BCUT2D eigenvalue weighted by Crippen LogP contribution is -2.02. The Morgan fingerprint density at radius 2 is 2.14 bits per heavy atom. The number of nitrogens with two attached hydrogens (primary N) is 1. The van der Waals surface area contributed by atoms with Gasteiger partial charge in [0.25, 0.3) is 5.69 Å². The molecule has 0 saturated heterocycles. The predicted octanol–water partition coefficient (Wildman–Crippen LogP) is 1.58. The number of aryl methyl sites for hydroxylation is 1. The van der Waals surface area contributed by atoms with Crippen molar-refractivity contribution in [3.8, 4) is 11.5 Å². The summed E-state index contributed by atoms with van der Waals surface area (Å²) >= 11 is 0. The van der Waals surface area contributed by atoms with Gasteiger partial charge in [-0.3, -0.25) is 10.1 Å². The number of imidazole rings is 1. The third-order valence-electron chi connectivity index (χ3n) is 2.90. The summed E-state index contributed by atoms with van der Waals surface area (Å²) in [5.74, 6) is 0.762. The zero-order chi connectivity index (χ0) is 16.3. The van der Waals surface area contributed by atoms with Crippen molar-refractivity contribution in [3.63, 3.8) is 0 Å². The second-order valence-electron chi connectivity index (χ2n) is 4.32. The summed E-state index contributed by atoms with van der Waals surface area (Å²) in [4.78, 5) is 14.6. The molecule has 2 N–H and O–H groups in total. The zero-order valence-corrected chi connectivity index (χ0v) is 12.3. The molecule has 2 aromatic rings. The summed E-state index contributed by atoms with van der Waals surface area (Å²) < 4.78 is 11.7. The summed E-state index contributed by atoms with van der Waals surface area (Å²) in [7, 11) is 2.84. The minimum atomic E-state index is -0.522. The molecule has 1 aromatic carbocycles. The number of nitro benzene ring substituents is 1. The minimum Gasteiger partial charge on any atom is -0.493 e. The molecule has 0 fully saturated rings. The van der Waals surface area contributed by atoms with Crippen LogP contribution in [0.2, 0.25) is 0 Å². The number of hydrogen-bond acceptors (Lipinski definition) is 7. The Kier molecular flexibility index (Phi) is 4.25. The number of aromatic nitrogens is 2. The van der Waals surface area contributed by atoms with Gasteiger partial charge in [0, 0.05) is 6.07 Å². The molecule has 1 heterocycles. The maximum Gasteiger partial charge on any atom is 0.282 e. The van der Waals surface area contributed by atoms with Crippen LogP contribution in [0.5, 0.6) is 11.5 Å². The van der Waals surface area contributed by atoms with Crippen LogP contribution in [-0.2, 0) is 0 Å². The highest BCUT2D eigenvalue weighted by Crippen LogP contribution is 2.35. The van der Waals surface area contributed by atoms with E-state index in [4.69, 9.17) is 15.2 Å². The summed E-state index contributed by atoms with van der Waals surface area (Å²) in [6.45, 7) is 1.76. The maximum atomic E-state index is 11.2. The van der Waals surface area contributed by atoms with Crippen LogP contribution in [0.1, 0.15) is 11.3 Å².